The maximum Gasteiger partial charge on any atom is 0.408 e. The molecule has 0 fully saturated rings. The Bertz CT molecular complexity index is 1140. The number of carbonyl (C=O) groups excluding carboxylic acids is 4. The summed E-state index contributed by atoms with van der Waals surface area (Å²) >= 11 is 0. The molecule has 0 saturated carbocycles. The van der Waals surface area contributed by atoms with Crippen LogP contribution in [0.25, 0.3) is 0 Å². The van der Waals surface area contributed by atoms with Crippen LogP contribution in [-0.4, -0.2) is 77.4 Å². The lowest BCUT2D eigenvalue weighted by Gasteiger charge is -2.34. The van der Waals surface area contributed by atoms with Crippen LogP contribution < -0.4 is 10.6 Å². The molecule has 2 aromatic carbocycles. The number of nitrogens with zero attached hydrogens (tertiary/aromatic N) is 1. The highest BCUT2D eigenvalue weighted by Crippen LogP contribution is 2.24. The summed E-state index contributed by atoms with van der Waals surface area (Å²) in [5.41, 5.74) is 1.24. The van der Waals surface area contributed by atoms with Gasteiger partial charge in [-0.25, -0.2) is 4.79 Å². The number of aryl methyl sites for hydroxylation is 1. The first kappa shape index (κ1) is 32.1. The second kappa shape index (κ2) is 14.9. The summed E-state index contributed by atoms with van der Waals surface area (Å²) < 4.78 is 9.98. The van der Waals surface area contributed by atoms with E-state index in [0.717, 1.165) is 16.9 Å². The predicted octanol–water partition coefficient (Wildman–Crippen LogP) is 2.24. The lowest BCUT2D eigenvalue weighted by atomic mass is 9.99. The van der Waals surface area contributed by atoms with Crippen LogP contribution in [0.5, 0.6) is 5.75 Å². The molecular weight excluding hydrogens is 518 g/mol. The smallest absolute Gasteiger partial charge is 0.408 e. The molecule has 218 valence electrons. The Kier molecular flexibility index (Phi) is 11.9. The number of hydrogen-bond acceptors (Lipinski definition) is 8. The van der Waals surface area contributed by atoms with Gasteiger partial charge in [-0.3, -0.25) is 14.4 Å². The number of aromatic hydroxyl groups is 1. The second-order valence-corrected chi connectivity index (χ2v) is 10.1. The monoisotopic (exact) mass is 557 g/mol. The molecule has 0 bridgehead atoms. The van der Waals surface area contributed by atoms with E-state index in [1.807, 2.05) is 19.1 Å². The lowest BCUT2D eigenvalue weighted by Crippen LogP contribution is -2.54. The molecule has 2 rings (SSSR count). The standard InChI is InChI=1S/C29H39N3O8/c1-6-19-7-11-21(12-8-19)25(26(36)30-18-24(35)39-5)32(15-16-33)27(37)23(31-28(38)40-29(2,3)4)17-20-9-13-22(34)14-10-20/h7-14,23,25,33-34H,6,15-18H2,1-5H3,(H,30,36)(H,31,38). The summed E-state index contributed by atoms with van der Waals surface area (Å²) in [5, 5.41) is 24.7. The fourth-order valence-electron chi connectivity index (χ4n) is 3.93. The van der Waals surface area contributed by atoms with Crippen molar-refractivity contribution in [3.05, 3.63) is 65.2 Å². The molecule has 3 amide bonds. The number of aliphatic hydroxyl groups is 1. The van der Waals surface area contributed by atoms with Crippen molar-refractivity contribution in [2.24, 2.45) is 0 Å². The molecule has 2 unspecified atom stereocenters. The van der Waals surface area contributed by atoms with Gasteiger partial charge in [-0.15, -0.1) is 0 Å². The van der Waals surface area contributed by atoms with Gasteiger partial charge in [-0.05, 0) is 56.0 Å². The zero-order chi connectivity index (χ0) is 29.9. The number of aliphatic hydroxyl groups excluding tert-OH is 1. The quantitative estimate of drug-likeness (QED) is 0.290. The molecule has 4 N–H and O–H groups in total. The summed E-state index contributed by atoms with van der Waals surface area (Å²) in [4.78, 5) is 53.1. The normalized spacial score (nSPS) is 12.6. The maximum atomic E-state index is 14.1. The van der Waals surface area contributed by atoms with Crippen molar-refractivity contribution >= 4 is 23.9 Å². The fraction of sp³-hybridized carbons (Fsp3) is 0.448. The van der Waals surface area contributed by atoms with E-state index < -0.39 is 54.7 Å². The minimum Gasteiger partial charge on any atom is -0.508 e. The van der Waals surface area contributed by atoms with Gasteiger partial charge in [-0.2, -0.15) is 0 Å². The number of methoxy groups -OCH3 is 1. The number of phenols is 1. The number of benzene rings is 2. The lowest BCUT2D eigenvalue weighted by molar-refractivity contribution is -0.145. The van der Waals surface area contributed by atoms with Crippen LogP contribution in [0.2, 0.25) is 0 Å². The number of hydrogen-bond donors (Lipinski definition) is 4. The molecule has 2 aromatic rings. The number of carbonyl (C=O) groups is 4. The van der Waals surface area contributed by atoms with Crippen molar-refractivity contribution in [1.29, 1.82) is 0 Å². The summed E-state index contributed by atoms with van der Waals surface area (Å²) in [7, 11) is 1.19. The van der Waals surface area contributed by atoms with Crippen molar-refractivity contribution in [1.82, 2.24) is 15.5 Å². The van der Waals surface area contributed by atoms with E-state index >= 15 is 0 Å². The van der Waals surface area contributed by atoms with Crippen LogP contribution in [0.1, 0.15) is 50.4 Å². The summed E-state index contributed by atoms with van der Waals surface area (Å²) in [6.45, 7) is 5.89. The Morgan fingerprint density at radius 3 is 2.10 bits per heavy atom. The zero-order valence-electron chi connectivity index (χ0n) is 23.6. The Labute approximate surface area is 234 Å². The maximum absolute atomic E-state index is 14.1. The van der Waals surface area contributed by atoms with Crippen LogP contribution >= 0.6 is 0 Å². The topological polar surface area (TPSA) is 154 Å². The minimum absolute atomic E-state index is 0.00551. The average molecular weight is 558 g/mol. The number of ether oxygens (including phenoxy) is 2. The Morgan fingerprint density at radius 1 is 0.975 bits per heavy atom. The number of rotatable bonds is 12. The highest BCUT2D eigenvalue weighted by atomic mass is 16.6. The Balaban J connectivity index is 2.52. The van der Waals surface area contributed by atoms with E-state index in [-0.39, 0.29) is 18.7 Å². The number of alkyl carbamates (subject to hydrolysis) is 1. The van der Waals surface area contributed by atoms with Crippen molar-refractivity contribution in [2.45, 2.75) is 58.2 Å². The summed E-state index contributed by atoms with van der Waals surface area (Å²) in [6.07, 6.45) is -0.0775. The Hall–Kier alpha value is -4.12. The molecule has 0 spiro atoms. The van der Waals surface area contributed by atoms with Crippen LogP contribution in [0.15, 0.2) is 48.5 Å². The van der Waals surface area contributed by atoms with Gasteiger partial charge in [-0.1, -0.05) is 43.3 Å². The van der Waals surface area contributed by atoms with Crippen LogP contribution in [0, 0.1) is 0 Å². The molecular formula is C29H39N3O8. The highest BCUT2D eigenvalue weighted by molar-refractivity contribution is 5.93. The molecule has 0 aliphatic carbocycles. The first-order valence-electron chi connectivity index (χ1n) is 13.0. The fourth-order valence-corrected chi connectivity index (χ4v) is 3.93. The van der Waals surface area contributed by atoms with Gasteiger partial charge in [0.15, 0.2) is 0 Å². The molecule has 0 aromatic heterocycles. The van der Waals surface area contributed by atoms with Crippen molar-refractivity contribution in [2.75, 3.05) is 26.8 Å². The molecule has 0 saturated heterocycles. The molecule has 0 aliphatic rings. The molecule has 2 atom stereocenters. The third-order valence-corrected chi connectivity index (χ3v) is 5.89. The van der Waals surface area contributed by atoms with Crippen molar-refractivity contribution in [3.63, 3.8) is 0 Å². The molecule has 0 heterocycles. The minimum atomic E-state index is -1.24. The van der Waals surface area contributed by atoms with Gasteiger partial charge in [0, 0.05) is 13.0 Å². The first-order valence-corrected chi connectivity index (χ1v) is 13.0. The molecule has 0 radical (unpaired) electrons. The second-order valence-electron chi connectivity index (χ2n) is 10.1. The third kappa shape index (κ3) is 9.88. The van der Waals surface area contributed by atoms with E-state index in [1.54, 1.807) is 45.0 Å². The van der Waals surface area contributed by atoms with E-state index in [0.29, 0.717) is 11.1 Å². The predicted molar refractivity (Wildman–Crippen MR) is 147 cm³/mol. The number of amides is 3. The molecule has 40 heavy (non-hydrogen) atoms. The van der Waals surface area contributed by atoms with Gasteiger partial charge >= 0.3 is 12.1 Å². The largest absolute Gasteiger partial charge is 0.508 e. The number of nitrogens with one attached hydrogen (secondary N) is 2. The molecule has 0 aliphatic heterocycles. The highest BCUT2D eigenvalue weighted by Gasteiger charge is 2.36. The summed E-state index contributed by atoms with van der Waals surface area (Å²) in [5.74, 6) is -1.97. The zero-order valence-corrected chi connectivity index (χ0v) is 23.6. The van der Waals surface area contributed by atoms with Gasteiger partial charge in [0.2, 0.25) is 11.8 Å². The SMILES string of the molecule is CCc1ccc(C(C(=O)NCC(=O)OC)N(CCO)C(=O)C(Cc2ccc(O)cc2)NC(=O)OC(C)(C)C)cc1. The van der Waals surface area contributed by atoms with Gasteiger partial charge in [0.1, 0.15) is 30.0 Å². The molecule has 11 heteroatoms. The van der Waals surface area contributed by atoms with Crippen molar-refractivity contribution < 1.29 is 38.9 Å². The van der Waals surface area contributed by atoms with Gasteiger partial charge in [0.05, 0.1) is 13.7 Å². The number of esters is 1. The average Bonchev–Trinajstić information content (AvgIpc) is 2.91. The first-order chi connectivity index (χ1) is 18.9. The van der Waals surface area contributed by atoms with Crippen LogP contribution in [0.3, 0.4) is 0 Å². The van der Waals surface area contributed by atoms with E-state index in [1.165, 1.54) is 19.2 Å². The van der Waals surface area contributed by atoms with E-state index in [4.69, 9.17) is 4.74 Å². The van der Waals surface area contributed by atoms with E-state index in [9.17, 15) is 29.4 Å². The summed E-state index contributed by atoms with van der Waals surface area (Å²) in [6, 6.07) is 10.7. The van der Waals surface area contributed by atoms with E-state index in [2.05, 4.69) is 15.4 Å². The van der Waals surface area contributed by atoms with Crippen molar-refractivity contribution in [3.8, 4) is 5.75 Å². The van der Waals surface area contributed by atoms with Crippen LogP contribution in [-0.2, 0) is 36.7 Å². The Morgan fingerprint density at radius 2 is 1.57 bits per heavy atom. The van der Waals surface area contributed by atoms with Gasteiger partial charge < -0.3 is 35.2 Å². The molecule has 11 nitrogen and oxygen atoms in total. The third-order valence-electron chi connectivity index (χ3n) is 5.89. The number of phenolic OH excluding ortho intramolecular Hbond substituents is 1. The van der Waals surface area contributed by atoms with Crippen LogP contribution in [0.4, 0.5) is 4.79 Å². The van der Waals surface area contributed by atoms with Gasteiger partial charge in [0.25, 0.3) is 0 Å².